The Bertz CT molecular complexity index is 1350. The van der Waals surface area contributed by atoms with Crippen LogP contribution in [0.5, 0.6) is 0 Å². The van der Waals surface area contributed by atoms with Gasteiger partial charge < -0.3 is 10.1 Å². The fourth-order valence-electron chi connectivity index (χ4n) is 3.52. The third kappa shape index (κ3) is 4.57. The highest BCUT2D eigenvalue weighted by molar-refractivity contribution is 6.12. The molecule has 7 nitrogen and oxygen atoms in total. The summed E-state index contributed by atoms with van der Waals surface area (Å²) in [6.07, 6.45) is 0. The van der Waals surface area contributed by atoms with Gasteiger partial charge in [0.1, 0.15) is 5.56 Å². The number of aromatic nitrogens is 2. The molecule has 0 atom stereocenters. The van der Waals surface area contributed by atoms with Crippen molar-refractivity contribution in [3.63, 3.8) is 0 Å². The van der Waals surface area contributed by atoms with Gasteiger partial charge in [0.25, 0.3) is 11.5 Å². The highest BCUT2D eigenvalue weighted by atomic mass is 16.5. The lowest BCUT2D eigenvalue weighted by atomic mass is 9.95. The quantitative estimate of drug-likeness (QED) is 0.430. The lowest BCUT2D eigenvalue weighted by molar-refractivity contribution is 0.0527. The predicted octanol–water partition coefficient (Wildman–Crippen LogP) is 4.53. The molecule has 33 heavy (non-hydrogen) atoms. The van der Waals surface area contributed by atoms with Crippen LogP contribution in [0.15, 0.2) is 89.7 Å². The van der Waals surface area contributed by atoms with E-state index in [2.05, 4.69) is 15.5 Å². The van der Waals surface area contributed by atoms with Gasteiger partial charge in [0.2, 0.25) is 0 Å². The number of aromatic amines is 1. The summed E-state index contributed by atoms with van der Waals surface area (Å²) < 4.78 is 5.08. The molecule has 1 heterocycles. The minimum Gasteiger partial charge on any atom is -0.462 e. The summed E-state index contributed by atoms with van der Waals surface area (Å²) in [5, 5.41) is 9.41. The van der Waals surface area contributed by atoms with Crippen LogP contribution in [0.3, 0.4) is 0 Å². The van der Waals surface area contributed by atoms with Gasteiger partial charge in [-0.2, -0.15) is 5.10 Å². The summed E-state index contributed by atoms with van der Waals surface area (Å²) in [6.45, 7) is 1.90. The van der Waals surface area contributed by atoms with Gasteiger partial charge in [0.15, 0.2) is 0 Å². The standard InChI is InChI=1S/C26H21N3O4/c1-2-33-26(32)19-15-9-10-16-20(19)27-24(30)22-21(17-11-5-3-6-12-17)23(28-29-25(22)31)18-13-7-4-8-14-18/h3-16H,2H2,1H3,(H,27,30)(H,29,31). The number of hydrogen-bond donors (Lipinski definition) is 2. The van der Waals surface area contributed by atoms with Gasteiger partial charge in [-0.15, -0.1) is 0 Å². The van der Waals surface area contributed by atoms with E-state index in [4.69, 9.17) is 4.74 Å². The van der Waals surface area contributed by atoms with E-state index in [1.807, 2.05) is 60.7 Å². The van der Waals surface area contributed by atoms with Crippen LogP contribution >= 0.6 is 0 Å². The van der Waals surface area contributed by atoms with Crippen LogP contribution in [0.25, 0.3) is 22.4 Å². The maximum Gasteiger partial charge on any atom is 0.340 e. The number of esters is 1. The van der Waals surface area contributed by atoms with Crippen LogP contribution in [0.4, 0.5) is 5.69 Å². The molecule has 0 unspecified atom stereocenters. The fourth-order valence-corrected chi connectivity index (χ4v) is 3.52. The van der Waals surface area contributed by atoms with Gasteiger partial charge in [-0.3, -0.25) is 9.59 Å². The summed E-state index contributed by atoms with van der Waals surface area (Å²) in [7, 11) is 0. The van der Waals surface area contributed by atoms with Crippen molar-refractivity contribution in [2.45, 2.75) is 6.92 Å². The van der Waals surface area contributed by atoms with Crippen molar-refractivity contribution in [2.24, 2.45) is 0 Å². The molecule has 0 saturated heterocycles. The van der Waals surface area contributed by atoms with Crippen LogP contribution in [0, 0.1) is 0 Å². The highest BCUT2D eigenvalue weighted by Crippen LogP contribution is 2.32. The third-order valence-corrected chi connectivity index (χ3v) is 4.99. The van der Waals surface area contributed by atoms with Crippen LogP contribution < -0.4 is 10.9 Å². The SMILES string of the molecule is CCOC(=O)c1ccccc1NC(=O)c1c(-c2ccccc2)c(-c2ccccc2)n[nH]c1=O. The van der Waals surface area contributed by atoms with Crippen molar-refractivity contribution < 1.29 is 14.3 Å². The number of rotatable bonds is 6. The average Bonchev–Trinajstić information content (AvgIpc) is 2.85. The number of benzene rings is 3. The lowest BCUT2D eigenvalue weighted by Crippen LogP contribution is -2.26. The summed E-state index contributed by atoms with van der Waals surface area (Å²) in [4.78, 5) is 38.6. The van der Waals surface area contributed by atoms with E-state index in [0.717, 1.165) is 5.56 Å². The smallest absolute Gasteiger partial charge is 0.340 e. The second kappa shape index (κ2) is 9.74. The maximum atomic E-state index is 13.4. The molecule has 0 saturated carbocycles. The number of H-pyrrole nitrogens is 1. The number of carbonyl (C=O) groups excluding carboxylic acids is 2. The Morgan fingerprint density at radius 1 is 0.879 bits per heavy atom. The first kappa shape index (κ1) is 21.7. The number of nitrogens with zero attached hydrogens (tertiary/aromatic N) is 1. The van der Waals surface area contributed by atoms with E-state index in [-0.39, 0.29) is 23.4 Å². The normalized spacial score (nSPS) is 10.5. The molecule has 0 aliphatic rings. The number of nitrogens with one attached hydrogen (secondary N) is 2. The molecule has 0 aliphatic carbocycles. The monoisotopic (exact) mass is 439 g/mol. The number of amides is 1. The molecule has 2 N–H and O–H groups in total. The Kier molecular flexibility index (Phi) is 6.40. The second-order valence-corrected chi connectivity index (χ2v) is 7.10. The van der Waals surface area contributed by atoms with E-state index < -0.39 is 17.4 Å². The van der Waals surface area contributed by atoms with Gasteiger partial charge in [-0.05, 0) is 24.6 Å². The number of carbonyl (C=O) groups is 2. The van der Waals surface area contributed by atoms with Gasteiger partial charge in [0.05, 0.1) is 23.6 Å². The van der Waals surface area contributed by atoms with Crippen molar-refractivity contribution in [1.29, 1.82) is 0 Å². The molecule has 4 rings (SSSR count). The van der Waals surface area contributed by atoms with E-state index >= 15 is 0 Å². The Morgan fingerprint density at radius 3 is 2.15 bits per heavy atom. The molecule has 0 radical (unpaired) electrons. The van der Waals surface area contributed by atoms with Crippen LogP contribution in [0.1, 0.15) is 27.6 Å². The predicted molar refractivity (Wildman–Crippen MR) is 126 cm³/mol. The first-order valence-electron chi connectivity index (χ1n) is 10.4. The molecule has 7 heteroatoms. The molecular weight excluding hydrogens is 418 g/mol. The minimum absolute atomic E-state index is 0.103. The maximum absolute atomic E-state index is 13.4. The molecule has 0 fully saturated rings. The molecule has 164 valence electrons. The molecule has 4 aromatic rings. The van der Waals surface area contributed by atoms with E-state index in [9.17, 15) is 14.4 Å². The molecular formula is C26H21N3O4. The van der Waals surface area contributed by atoms with Crippen LogP contribution in [-0.2, 0) is 4.74 Å². The number of hydrogen-bond acceptors (Lipinski definition) is 5. The first-order chi connectivity index (χ1) is 16.1. The summed E-state index contributed by atoms with van der Waals surface area (Å²) >= 11 is 0. The van der Waals surface area contributed by atoms with Gasteiger partial charge in [-0.25, -0.2) is 9.89 Å². The Labute approximate surface area is 190 Å². The highest BCUT2D eigenvalue weighted by Gasteiger charge is 2.24. The van der Waals surface area contributed by atoms with Crippen molar-refractivity contribution in [3.8, 4) is 22.4 Å². The van der Waals surface area contributed by atoms with E-state index in [1.165, 1.54) is 0 Å². The van der Waals surface area contributed by atoms with Crippen molar-refractivity contribution in [3.05, 3.63) is 106 Å². The molecule has 0 spiro atoms. The van der Waals surface area contributed by atoms with Gasteiger partial charge in [0, 0.05) is 11.1 Å². The zero-order chi connectivity index (χ0) is 23.2. The zero-order valence-corrected chi connectivity index (χ0v) is 17.9. The fraction of sp³-hybridized carbons (Fsp3) is 0.0769. The largest absolute Gasteiger partial charge is 0.462 e. The van der Waals surface area contributed by atoms with Crippen molar-refractivity contribution >= 4 is 17.6 Å². The van der Waals surface area contributed by atoms with Gasteiger partial charge in [-0.1, -0.05) is 72.8 Å². The second-order valence-electron chi connectivity index (χ2n) is 7.10. The average molecular weight is 439 g/mol. The van der Waals surface area contributed by atoms with Crippen molar-refractivity contribution in [1.82, 2.24) is 10.2 Å². The number of anilines is 1. The number of ether oxygens (including phenoxy) is 1. The zero-order valence-electron chi connectivity index (χ0n) is 17.9. The Balaban J connectivity index is 1.86. The van der Waals surface area contributed by atoms with E-state index in [0.29, 0.717) is 16.8 Å². The Morgan fingerprint density at radius 2 is 1.48 bits per heavy atom. The lowest BCUT2D eigenvalue weighted by Gasteiger charge is -2.15. The van der Waals surface area contributed by atoms with Crippen molar-refractivity contribution in [2.75, 3.05) is 11.9 Å². The molecule has 3 aromatic carbocycles. The molecule has 1 amide bonds. The summed E-state index contributed by atoms with van der Waals surface area (Å²) in [6, 6.07) is 24.9. The van der Waals surface area contributed by atoms with E-state index in [1.54, 1.807) is 31.2 Å². The minimum atomic E-state index is -0.661. The Hall–Kier alpha value is -4.52. The first-order valence-corrected chi connectivity index (χ1v) is 10.4. The third-order valence-electron chi connectivity index (χ3n) is 4.99. The van der Waals surface area contributed by atoms with Crippen LogP contribution in [-0.4, -0.2) is 28.7 Å². The molecule has 0 aliphatic heterocycles. The number of para-hydroxylation sites is 1. The summed E-state index contributed by atoms with van der Waals surface area (Å²) in [5.41, 5.74) is 1.97. The summed E-state index contributed by atoms with van der Waals surface area (Å²) in [5.74, 6) is -1.23. The molecule has 1 aromatic heterocycles. The molecule has 0 bridgehead atoms. The van der Waals surface area contributed by atoms with Gasteiger partial charge >= 0.3 is 5.97 Å². The topological polar surface area (TPSA) is 101 Å². The van der Waals surface area contributed by atoms with Crippen LogP contribution in [0.2, 0.25) is 0 Å².